The van der Waals surface area contributed by atoms with E-state index in [1.807, 2.05) is 27.7 Å². The van der Waals surface area contributed by atoms with Gasteiger partial charge >= 0.3 is 12.1 Å². The molecule has 0 spiro atoms. The quantitative estimate of drug-likeness (QED) is 0.588. The molecule has 1 fully saturated rings. The van der Waals surface area contributed by atoms with Crippen molar-refractivity contribution in [2.75, 3.05) is 6.61 Å². The molecule has 0 aliphatic carbocycles. The maximum atomic E-state index is 12.6. The van der Waals surface area contributed by atoms with Crippen LogP contribution < -0.4 is 0 Å². The highest BCUT2D eigenvalue weighted by Gasteiger charge is 2.48. The van der Waals surface area contributed by atoms with Crippen molar-refractivity contribution in [1.82, 2.24) is 4.90 Å². The number of hydrogen-bond acceptors (Lipinski definition) is 5. The van der Waals surface area contributed by atoms with Gasteiger partial charge in [0.15, 0.2) is 0 Å². The van der Waals surface area contributed by atoms with E-state index in [4.69, 9.17) is 14.2 Å². The smallest absolute Gasteiger partial charge is 0.413 e. The molecule has 1 aliphatic heterocycles. The van der Waals surface area contributed by atoms with Crippen LogP contribution in [-0.2, 0) is 19.0 Å². The van der Waals surface area contributed by atoms with Crippen LogP contribution in [-0.4, -0.2) is 47.0 Å². The standard InChI is InChI=1S/C17H29NO5/c1-9-21-14(19)11(2)10-13-12(3)22-17(7,8)18(13)15(20)23-16(4,5)6/h10,12-13H,9H2,1-8H3/b11-10-/t12-,13-/m1/s1. The Hall–Kier alpha value is -1.56. The van der Waals surface area contributed by atoms with E-state index in [1.54, 1.807) is 33.8 Å². The lowest BCUT2D eigenvalue weighted by molar-refractivity contribution is -0.138. The highest BCUT2D eigenvalue weighted by atomic mass is 16.6. The summed E-state index contributed by atoms with van der Waals surface area (Å²) >= 11 is 0. The summed E-state index contributed by atoms with van der Waals surface area (Å²) in [6.45, 7) is 14.6. The average molecular weight is 327 g/mol. The zero-order valence-corrected chi connectivity index (χ0v) is 15.4. The van der Waals surface area contributed by atoms with Crippen molar-refractivity contribution in [2.45, 2.75) is 78.9 Å². The van der Waals surface area contributed by atoms with Gasteiger partial charge in [-0.25, -0.2) is 9.59 Å². The van der Waals surface area contributed by atoms with Crippen molar-refractivity contribution in [3.05, 3.63) is 11.6 Å². The van der Waals surface area contributed by atoms with Crippen molar-refractivity contribution < 1.29 is 23.8 Å². The van der Waals surface area contributed by atoms with Crippen LogP contribution in [0, 0.1) is 0 Å². The van der Waals surface area contributed by atoms with Crippen molar-refractivity contribution in [3.63, 3.8) is 0 Å². The summed E-state index contributed by atoms with van der Waals surface area (Å²) in [4.78, 5) is 26.0. The Bertz CT molecular complexity index is 490. The van der Waals surface area contributed by atoms with Crippen LogP contribution in [0.15, 0.2) is 11.6 Å². The summed E-state index contributed by atoms with van der Waals surface area (Å²) in [5.74, 6) is -0.395. The van der Waals surface area contributed by atoms with E-state index in [1.165, 1.54) is 4.90 Å². The van der Waals surface area contributed by atoms with Crippen LogP contribution in [0.5, 0.6) is 0 Å². The predicted molar refractivity (Wildman–Crippen MR) is 86.9 cm³/mol. The summed E-state index contributed by atoms with van der Waals surface area (Å²) in [6, 6.07) is -0.399. The first-order valence-corrected chi connectivity index (χ1v) is 7.94. The maximum Gasteiger partial charge on any atom is 0.413 e. The molecule has 1 rings (SSSR count). The van der Waals surface area contributed by atoms with E-state index >= 15 is 0 Å². The van der Waals surface area contributed by atoms with Crippen LogP contribution in [0.4, 0.5) is 4.79 Å². The van der Waals surface area contributed by atoms with Gasteiger partial charge in [-0.3, -0.25) is 4.90 Å². The molecule has 1 saturated heterocycles. The summed E-state index contributed by atoms with van der Waals surface area (Å²) in [5, 5.41) is 0. The van der Waals surface area contributed by atoms with E-state index < -0.39 is 29.4 Å². The zero-order valence-electron chi connectivity index (χ0n) is 15.4. The fourth-order valence-corrected chi connectivity index (χ4v) is 2.58. The van der Waals surface area contributed by atoms with E-state index in [9.17, 15) is 9.59 Å². The fraction of sp³-hybridized carbons (Fsp3) is 0.765. The fourth-order valence-electron chi connectivity index (χ4n) is 2.58. The Morgan fingerprint density at radius 3 is 2.35 bits per heavy atom. The second-order valence-electron chi connectivity index (χ2n) is 7.18. The lowest BCUT2D eigenvalue weighted by Gasteiger charge is -2.34. The number of ether oxygens (including phenoxy) is 3. The molecule has 0 saturated carbocycles. The lowest BCUT2D eigenvalue weighted by atomic mass is 10.1. The molecule has 1 aliphatic rings. The molecule has 0 bridgehead atoms. The molecule has 0 aromatic heterocycles. The van der Waals surface area contributed by atoms with Gasteiger partial charge in [-0.2, -0.15) is 0 Å². The van der Waals surface area contributed by atoms with Gasteiger partial charge in [0.2, 0.25) is 0 Å². The van der Waals surface area contributed by atoms with Crippen molar-refractivity contribution in [3.8, 4) is 0 Å². The highest BCUT2D eigenvalue weighted by molar-refractivity contribution is 5.88. The second kappa shape index (κ2) is 6.91. The first kappa shape index (κ1) is 19.5. The Kier molecular flexibility index (Phi) is 5.85. The molecule has 6 heteroatoms. The van der Waals surface area contributed by atoms with E-state index in [2.05, 4.69) is 0 Å². The van der Waals surface area contributed by atoms with Crippen LogP contribution in [0.2, 0.25) is 0 Å². The topological polar surface area (TPSA) is 65.1 Å². The van der Waals surface area contributed by atoms with Gasteiger partial charge in [0.25, 0.3) is 0 Å². The minimum atomic E-state index is -0.822. The number of carbonyl (C=O) groups is 2. The molecule has 0 unspecified atom stereocenters. The Labute approximate surface area is 138 Å². The van der Waals surface area contributed by atoms with Gasteiger partial charge < -0.3 is 14.2 Å². The third kappa shape index (κ3) is 4.96. The van der Waals surface area contributed by atoms with Crippen molar-refractivity contribution >= 4 is 12.1 Å². The molecule has 6 nitrogen and oxygen atoms in total. The zero-order chi connectivity index (χ0) is 18.0. The first-order valence-electron chi connectivity index (χ1n) is 7.94. The number of esters is 1. The van der Waals surface area contributed by atoms with E-state index in [-0.39, 0.29) is 6.10 Å². The minimum absolute atomic E-state index is 0.262. The Morgan fingerprint density at radius 1 is 1.30 bits per heavy atom. The molecule has 0 aromatic carbocycles. The number of carbonyl (C=O) groups excluding carboxylic acids is 2. The molecule has 1 amide bonds. The lowest BCUT2D eigenvalue weighted by Crippen LogP contribution is -2.49. The second-order valence-corrected chi connectivity index (χ2v) is 7.18. The van der Waals surface area contributed by atoms with Crippen LogP contribution >= 0.6 is 0 Å². The molecule has 1 heterocycles. The molecule has 0 radical (unpaired) electrons. The highest BCUT2D eigenvalue weighted by Crippen LogP contribution is 2.34. The van der Waals surface area contributed by atoms with Crippen molar-refractivity contribution in [2.24, 2.45) is 0 Å². The number of nitrogens with zero attached hydrogens (tertiary/aromatic N) is 1. The predicted octanol–water partition coefficient (Wildman–Crippen LogP) is 3.26. The third-order valence-electron chi connectivity index (χ3n) is 3.44. The molecule has 2 atom stereocenters. The van der Waals surface area contributed by atoms with Gasteiger partial charge in [0, 0.05) is 5.57 Å². The largest absolute Gasteiger partial charge is 0.463 e. The molecule has 23 heavy (non-hydrogen) atoms. The SMILES string of the molecule is CCOC(=O)/C(C)=C\[C@@H]1[C@@H](C)OC(C)(C)N1C(=O)OC(C)(C)C. The normalized spacial score (nSPS) is 24.5. The molecular weight excluding hydrogens is 298 g/mol. The van der Waals surface area contributed by atoms with E-state index in [0.29, 0.717) is 12.2 Å². The molecule has 132 valence electrons. The third-order valence-corrected chi connectivity index (χ3v) is 3.44. The first-order chi connectivity index (χ1) is 10.4. The monoisotopic (exact) mass is 327 g/mol. The molecule has 0 N–H and O–H groups in total. The van der Waals surface area contributed by atoms with Gasteiger partial charge in [-0.05, 0) is 61.5 Å². The van der Waals surface area contributed by atoms with Gasteiger partial charge in [0.1, 0.15) is 11.3 Å². The van der Waals surface area contributed by atoms with Crippen LogP contribution in [0.25, 0.3) is 0 Å². The minimum Gasteiger partial charge on any atom is -0.463 e. The molecule has 0 aromatic rings. The number of rotatable bonds is 3. The number of amides is 1. The van der Waals surface area contributed by atoms with Crippen LogP contribution in [0.1, 0.15) is 55.4 Å². The van der Waals surface area contributed by atoms with Crippen molar-refractivity contribution in [1.29, 1.82) is 0 Å². The summed E-state index contributed by atoms with van der Waals surface area (Å²) in [6.07, 6.45) is 0.980. The van der Waals surface area contributed by atoms with Gasteiger partial charge in [-0.15, -0.1) is 0 Å². The summed E-state index contributed by atoms with van der Waals surface area (Å²) in [7, 11) is 0. The maximum absolute atomic E-state index is 12.6. The summed E-state index contributed by atoms with van der Waals surface area (Å²) < 4.78 is 16.4. The van der Waals surface area contributed by atoms with Gasteiger partial charge in [0.05, 0.1) is 18.8 Å². The molecular formula is C17H29NO5. The summed E-state index contributed by atoms with van der Waals surface area (Å²) in [5.41, 5.74) is -0.986. The Morgan fingerprint density at radius 2 is 1.87 bits per heavy atom. The van der Waals surface area contributed by atoms with E-state index in [0.717, 1.165) is 0 Å². The van der Waals surface area contributed by atoms with Crippen LogP contribution in [0.3, 0.4) is 0 Å². The number of hydrogen-bond donors (Lipinski definition) is 0. The average Bonchev–Trinajstić information content (AvgIpc) is 2.56. The Balaban J connectivity index is 3.09. The van der Waals surface area contributed by atoms with Gasteiger partial charge in [-0.1, -0.05) is 0 Å².